The zero-order valence-electron chi connectivity index (χ0n) is 13.2. The van der Waals surface area contributed by atoms with E-state index in [0.29, 0.717) is 0 Å². The molecule has 3 rings (SSSR count). The highest BCUT2D eigenvalue weighted by Crippen LogP contribution is 2.34. The van der Waals surface area contributed by atoms with Gasteiger partial charge in [0.2, 0.25) is 0 Å². The maximum Gasteiger partial charge on any atom is 0.161 e. The maximum absolute atomic E-state index is 12.8. The Kier molecular flexibility index (Phi) is 5.11. The highest BCUT2D eigenvalue weighted by molar-refractivity contribution is 7.99. The second-order valence-corrected chi connectivity index (χ2v) is 7.94. The van der Waals surface area contributed by atoms with E-state index in [1.54, 1.807) is 11.8 Å². The molecule has 0 amide bonds. The Morgan fingerprint density at radius 2 is 1.39 bits per heavy atom. The number of rotatable bonds is 4. The molecule has 1 nitrogen and oxygen atoms in total. The summed E-state index contributed by atoms with van der Waals surface area (Å²) in [4.78, 5) is 4.17. The molecule has 0 saturated carbocycles. The zero-order valence-corrected chi connectivity index (χ0v) is 14.8. The summed E-state index contributed by atoms with van der Waals surface area (Å²) in [6, 6.07) is 24.1. The van der Waals surface area contributed by atoms with Gasteiger partial charge in [0.1, 0.15) is 0 Å². The van der Waals surface area contributed by atoms with Gasteiger partial charge in [0.05, 0.1) is 0 Å². The van der Waals surface area contributed by atoms with Gasteiger partial charge in [-0.25, -0.2) is 0 Å². The lowest BCUT2D eigenvalue weighted by Gasteiger charge is -2.15. The largest absolute Gasteiger partial charge is 0.606 e. The van der Waals surface area contributed by atoms with Crippen LogP contribution < -0.4 is 0 Å². The van der Waals surface area contributed by atoms with Crippen LogP contribution in [0.2, 0.25) is 0 Å². The molecule has 0 aliphatic carbocycles. The molecular weight excluding hydrogens is 320 g/mol. The molecule has 0 heterocycles. The van der Waals surface area contributed by atoms with Crippen LogP contribution >= 0.6 is 11.8 Å². The first-order valence-corrected chi connectivity index (χ1v) is 9.43. The monoisotopic (exact) mass is 338 g/mol. The molecule has 1 unspecified atom stereocenters. The van der Waals surface area contributed by atoms with Crippen LogP contribution in [-0.4, -0.2) is 4.55 Å². The lowest BCUT2D eigenvalue weighted by atomic mass is 10.2. The molecule has 0 radical (unpaired) electrons. The van der Waals surface area contributed by atoms with E-state index in [1.807, 2.05) is 55.5 Å². The lowest BCUT2D eigenvalue weighted by Crippen LogP contribution is -2.05. The van der Waals surface area contributed by atoms with Crippen LogP contribution in [0.15, 0.2) is 92.4 Å². The van der Waals surface area contributed by atoms with Crippen LogP contribution in [-0.2, 0) is 11.2 Å². The molecule has 0 N–H and O–H groups in total. The van der Waals surface area contributed by atoms with Crippen LogP contribution in [0.4, 0.5) is 0 Å². The molecule has 0 aliphatic heterocycles. The van der Waals surface area contributed by atoms with E-state index in [9.17, 15) is 4.55 Å². The number of aryl methyl sites for hydroxylation is 2. The molecule has 0 spiro atoms. The van der Waals surface area contributed by atoms with Crippen LogP contribution in [0, 0.1) is 13.8 Å². The fourth-order valence-electron chi connectivity index (χ4n) is 2.36. The van der Waals surface area contributed by atoms with Crippen molar-refractivity contribution in [2.24, 2.45) is 0 Å². The van der Waals surface area contributed by atoms with Gasteiger partial charge in [0.15, 0.2) is 9.79 Å². The molecule has 3 aromatic carbocycles. The predicted octanol–water partition coefficient (Wildman–Crippen LogP) is 5.62. The highest BCUT2D eigenvalue weighted by atomic mass is 32.2. The Morgan fingerprint density at radius 3 is 2.04 bits per heavy atom. The first-order chi connectivity index (χ1) is 11.1. The van der Waals surface area contributed by atoms with Gasteiger partial charge in [0.25, 0.3) is 0 Å². The topological polar surface area (TPSA) is 23.1 Å². The molecule has 23 heavy (non-hydrogen) atoms. The average Bonchev–Trinajstić information content (AvgIpc) is 2.59. The van der Waals surface area contributed by atoms with Crippen molar-refractivity contribution in [2.75, 3.05) is 0 Å². The Bertz CT molecular complexity index is 785. The van der Waals surface area contributed by atoms with Crippen molar-refractivity contribution < 1.29 is 4.55 Å². The third-order valence-corrected chi connectivity index (χ3v) is 6.31. The molecule has 0 fully saturated rings. The summed E-state index contributed by atoms with van der Waals surface area (Å²) >= 11 is 0.613. The van der Waals surface area contributed by atoms with Gasteiger partial charge in [-0.05, 0) is 55.8 Å². The summed E-state index contributed by atoms with van der Waals surface area (Å²) in [5, 5.41) is 0. The fourth-order valence-corrected chi connectivity index (χ4v) is 4.66. The fraction of sp³-hybridized carbons (Fsp3) is 0.100. The van der Waals surface area contributed by atoms with Crippen LogP contribution in [0.5, 0.6) is 0 Å². The summed E-state index contributed by atoms with van der Waals surface area (Å²) in [7, 11) is 0. The molecule has 3 heteroatoms. The van der Waals surface area contributed by atoms with E-state index in [1.165, 1.54) is 9.79 Å². The van der Waals surface area contributed by atoms with Crippen molar-refractivity contribution in [3.8, 4) is 0 Å². The Balaban J connectivity index is 1.91. The summed E-state index contributed by atoms with van der Waals surface area (Å²) in [6.07, 6.45) is 0. The maximum atomic E-state index is 12.8. The van der Waals surface area contributed by atoms with E-state index in [4.69, 9.17) is 0 Å². The van der Waals surface area contributed by atoms with Crippen molar-refractivity contribution in [1.29, 1.82) is 0 Å². The minimum absolute atomic E-state index is 0.846. The van der Waals surface area contributed by atoms with E-state index >= 15 is 0 Å². The molecule has 1 atom stereocenters. The van der Waals surface area contributed by atoms with Gasteiger partial charge in [-0.2, -0.15) is 0 Å². The molecule has 3 aromatic rings. The van der Waals surface area contributed by atoms with Gasteiger partial charge in [-0.15, -0.1) is 0 Å². The van der Waals surface area contributed by atoms with E-state index in [0.717, 1.165) is 20.9 Å². The molecular formula is C20H18OS2. The predicted molar refractivity (Wildman–Crippen MR) is 97.6 cm³/mol. The normalized spacial score (nSPS) is 12.1. The molecule has 0 aromatic heterocycles. The smallest absolute Gasteiger partial charge is 0.161 e. The second kappa shape index (κ2) is 7.26. The summed E-state index contributed by atoms with van der Waals surface area (Å²) in [6.45, 7) is 4.11. The van der Waals surface area contributed by atoms with Gasteiger partial charge < -0.3 is 4.55 Å². The van der Waals surface area contributed by atoms with Gasteiger partial charge >= 0.3 is 0 Å². The van der Waals surface area contributed by atoms with Gasteiger partial charge in [0, 0.05) is 26.5 Å². The standard InChI is InChI=1S/C20H18OS2/c1-15-14-20(23(21)18-11-7-4-8-12-18)16(2)13-19(15)22-17-9-5-3-6-10-17/h3-14H,1-2H3. The Morgan fingerprint density at radius 1 is 0.783 bits per heavy atom. The Hall–Kier alpha value is -1.68. The minimum Gasteiger partial charge on any atom is -0.606 e. The molecule has 0 aliphatic rings. The van der Waals surface area contributed by atoms with Crippen LogP contribution in [0.3, 0.4) is 0 Å². The summed E-state index contributed by atoms with van der Waals surface area (Å²) in [5.74, 6) is 0. The van der Waals surface area contributed by atoms with Gasteiger partial charge in [-0.1, -0.05) is 48.2 Å². The van der Waals surface area contributed by atoms with E-state index < -0.39 is 11.2 Å². The first-order valence-electron chi connectivity index (χ1n) is 7.46. The third-order valence-electron chi connectivity index (χ3n) is 3.60. The average molecular weight is 338 g/mol. The SMILES string of the molecule is Cc1cc([S+]([O-])c2ccccc2)c(C)cc1Sc1ccccc1. The second-order valence-electron chi connectivity index (χ2n) is 5.38. The minimum atomic E-state index is -1.13. The van der Waals surface area contributed by atoms with Crippen molar-refractivity contribution in [3.05, 3.63) is 83.9 Å². The van der Waals surface area contributed by atoms with Crippen molar-refractivity contribution in [3.63, 3.8) is 0 Å². The quantitative estimate of drug-likeness (QED) is 0.576. The first kappa shape index (κ1) is 16.2. The van der Waals surface area contributed by atoms with E-state index in [-0.39, 0.29) is 0 Å². The molecule has 0 bridgehead atoms. The summed E-state index contributed by atoms with van der Waals surface area (Å²) < 4.78 is 12.8. The number of benzene rings is 3. The van der Waals surface area contributed by atoms with Crippen molar-refractivity contribution >= 4 is 22.9 Å². The van der Waals surface area contributed by atoms with Crippen molar-refractivity contribution in [2.45, 2.75) is 33.4 Å². The summed E-state index contributed by atoms with van der Waals surface area (Å²) in [5.41, 5.74) is 2.22. The number of hydrogen-bond acceptors (Lipinski definition) is 2. The zero-order chi connectivity index (χ0) is 16.2. The third kappa shape index (κ3) is 3.81. The van der Waals surface area contributed by atoms with Gasteiger partial charge in [-0.3, -0.25) is 0 Å². The molecule has 116 valence electrons. The number of hydrogen-bond donors (Lipinski definition) is 0. The van der Waals surface area contributed by atoms with E-state index in [2.05, 4.69) is 31.2 Å². The van der Waals surface area contributed by atoms with Crippen molar-refractivity contribution in [1.82, 2.24) is 0 Å². The molecule has 0 saturated heterocycles. The highest BCUT2D eigenvalue weighted by Gasteiger charge is 2.19. The lowest BCUT2D eigenvalue weighted by molar-refractivity contribution is 0.594. The van der Waals surface area contributed by atoms with Crippen LogP contribution in [0.25, 0.3) is 0 Å². The Labute approximate surface area is 144 Å². The van der Waals surface area contributed by atoms with Crippen LogP contribution in [0.1, 0.15) is 11.1 Å².